The van der Waals surface area contributed by atoms with E-state index in [1.54, 1.807) is 41.2 Å². The molecule has 164 valence electrons. The maximum absolute atomic E-state index is 12.7. The number of amides is 1. The Bertz CT molecular complexity index is 1040. The topological polar surface area (TPSA) is 125 Å². The zero-order chi connectivity index (χ0) is 22.4. The number of aryl methyl sites for hydroxylation is 1. The van der Waals surface area contributed by atoms with Crippen molar-refractivity contribution in [1.29, 1.82) is 0 Å². The number of rotatable bonds is 9. The van der Waals surface area contributed by atoms with Gasteiger partial charge in [0.15, 0.2) is 0 Å². The number of hydrogen-bond donors (Lipinski definition) is 4. The quantitative estimate of drug-likeness (QED) is 0.399. The number of carbonyl (C=O) groups excluding carboxylic acids is 1. The number of aromatic nitrogens is 4. The Kier molecular flexibility index (Phi) is 7.56. The lowest BCUT2D eigenvalue weighted by atomic mass is 10.1. The highest BCUT2D eigenvalue weighted by Gasteiger charge is 2.18. The van der Waals surface area contributed by atoms with Crippen molar-refractivity contribution in [1.82, 2.24) is 24.8 Å². The Morgan fingerprint density at radius 3 is 2.74 bits per heavy atom. The Morgan fingerprint density at radius 1 is 1.26 bits per heavy atom. The summed E-state index contributed by atoms with van der Waals surface area (Å²) in [6.07, 6.45) is 5.43. The fraction of sp³-hybridized carbons (Fsp3) is 0.333. The van der Waals surface area contributed by atoms with Gasteiger partial charge in [-0.25, -0.2) is 9.97 Å². The SMILES string of the molecule is CCC(CO)Nc1ncc(C)c(-n2cnc(C(=O)NC(CO)c3cccc(Cl)c3)c2)n1. The van der Waals surface area contributed by atoms with Crippen molar-refractivity contribution in [2.75, 3.05) is 18.5 Å². The summed E-state index contributed by atoms with van der Waals surface area (Å²) < 4.78 is 1.63. The van der Waals surface area contributed by atoms with Gasteiger partial charge in [0, 0.05) is 23.0 Å². The predicted molar refractivity (Wildman–Crippen MR) is 117 cm³/mol. The molecule has 0 aliphatic heterocycles. The molecule has 2 aromatic heterocycles. The van der Waals surface area contributed by atoms with E-state index in [4.69, 9.17) is 11.6 Å². The van der Waals surface area contributed by atoms with Crippen LogP contribution in [0, 0.1) is 6.92 Å². The van der Waals surface area contributed by atoms with Crippen LogP contribution >= 0.6 is 11.6 Å². The summed E-state index contributed by atoms with van der Waals surface area (Å²) in [6.45, 7) is 3.49. The fourth-order valence-corrected chi connectivity index (χ4v) is 3.17. The zero-order valence-corrected chi connectivity index (χ0v) is 18.0. The van der Waals surface area contributed by atoms with Gasteiger partial charge in [-0.15, -0.1) is 0 Å². The highest BCUT2D eigenvalue weighted by molar-refractivity contribution is 6.30. The number of anilines is 1. The lowest BCUT2D eigenvalue weighted by Gasteiger charge is -2.16. The molecule has 31 heavy (non-hydrogen) atoms. The van der Waals surface area contributed by atoms with Crippen LogP contribution in [0.25, 0.3) is 5.82 Å². The van der Waals surface area contributed by atoms with Gasteiger partial charge < -0.3 is 20.8 Å². The highest BCUT2D eigenvalue weighted by atomic mass is 35.5. The third-order valence-electron chi connectivity index (χ3n) is 4.79. The van der Waals surface area contributed by atoms with E-state index in [0.29, 0.717) is 22.4 Å². The standard InChI is InChI=1S/C21H25ClN6O3/c1-3-16(10-29)25-21-23-8-13(2)19(27-21)28-9-17(24-12-28)20(31)26-18(11-30)14-5-4-6-15(22)7-14/h4-9,12,16,18,29-30H,3,10-11H2,1-2H3,(H,26,31)(H,23,25,27). The van der Waals surface area contributed by atoms with Crippen LogP contribution in [0.2, 0.25) is 5.02 Å². The second-order valence-electron chi connectivity index (χ2n) is 7.06. The average Bonchev–Trinajstić information content (AvgIpc) is 3.27. The molecule has 0 saturated carbocycles. The third kappa shape index (κ3) is 5.57. The second kappa shape index (κ2) is 10.3. The van der Waals surface area contributed by atoms with Gasteiger partial charge in [0.1, 0.15) is 17.8 Å². The molecular weight excluding hydrogens is 420 g/mol. The minimum Gasteiger partial charge on any atom is -0.394 e. The van der Waals surface area contributed by atoms with E-state index in [1.807, 2.05) is 13.8 Å². The average molecular weight is 445 g/mol. The molecule has 0 saturated heterocycles. The van der Waals surface area contributed by atoms with Gasteiger partial charge in [-0.2, -0.15) is 4.98 Å². The molecule has 4 N–H and O–H groups in total. The summed E-state index contributed by atoms with van der Waals surface area (Å²) in [5.41, 5.74) is 1.66. The van der Waals surface area contributed by atoms with E-state index >= 15 is 0 Å². The maximum Gasteiger partial charge on any atom is 0.272 e. The molecule has 0 radical (unpaired) electrons. The van der Waals surface area contributed by atoms with E-state index in [0.717, 1.165) is 12.0 Å². The van der Waals surface area contributed by atoms with Crippen molar-refractivity contribution in [2.24, 2.45) is 0 Å². The summed E-state index contributed by atoms with van der Waals surface area (Å²) in [6, 6.07) is 6.18. The molecule has 0 aliphatic rings. The van der Waals surface area contributed by atoms with E-state index in [1.165, 1.54) is 6.33 Å². The van der Waals surface area contributed by atoms with Gasteiger partial charge in [0.25, 0.3) is 5.91 Å². The van der Waals surface area contributed by atoms with Crippen LogP contribution in [0.4, 0.5) is 5.95 Å². The number of halogens is 1. The van der Waals surface area contributed by atoms with Gasteiger partial charge in [-0.1, -0.05) is 30.7 Å². The molecule has 0 fully saturated rings. The second-order valence-corrected chi connectivity index (χ2v) is 7.50. The maximum atomic E-state index is 12.7. The van der Waals surface area contributed by atoms with Crippen molar-refractivity contribution < 1.29 is 15.0 Å². The van der Waals surface area contributed by atoms with Crippen LogP contribution in [-0.4, -0.2) is 54.9 Å². The molecule has 2 atom stereocenters. The van der Waals surface area contributed by atoms with Gasteiger partial charge in [-0.3, -0.25) is 9.36 Å². The Labute approximate surface area is 185 Å². The van der Waals surface area contributed by atoms with E-state index in [-0.39, 0.29) is 24.9 Å². The summed E-state index contributed by atoms with van der Waals surface area (Å²) in [5.74, 6) is 0.502. The van der Waals surface area contributed by atoms with Crippen molar-refractivity contribution in [3.05, 3.63) is 64.8 Å². The molecule has 10 heteroatoms. The van der Waals surface area contributed by atoms with E-state index in [2.05, 4.69) is 25.6 Å². The first-order valence-corrected chi connectivity index (χ1v) is 10.3. The summed E-state index contributed by atoms with van der Waals surface area (Å²) >= 11 is 6.01. The van der Waals surface area contributed by atoms with Crippen molar-refractivity contribution in [3.63, 3.8) is 0 Å². The number of hydrogen-bond acceptors (Lipinski definition) is 7. The summed E-state index contributed by atoms with van der Waals surface area (Å²) in [5, 5.41) is 25.4. The normalized spacial score (nSPS) is 12.9. The molecule has 1 amide bonds. The van der Waals surface area contributed by atoms with Gasteiger partial charge in [0.2, 0.25) is 5.95 Å². The van der Waals surface area contributed by atoms with Crippen molar-refractivity contribution in [2.45, 2.75) is 32.4 Å². The predicted octanol–water partition coefficient (Wildman–Crippen LogP) is 2.27. The summed E-state index contributed by atoms with van der Waals surface area (Å²) in [7, 11) is 0. The zero-order valence-electron chi connectivity index (χ0n) is 17.3. The largest absolute Gasteiger partial charge is 0.394 e. The number of aliphatic hydroxyl groups excluding tert-OH is 2. The Hall–Kier alpha value is -3.01. The minimum atomic E-state index is -0.614. The molecule has 2 unspecified atom stereocenters. The first-order chi connectivity index (χ1) is 14.9. The number of nitrogens with zero attached hydrogens (tertiary/aromatic N) is 4. The fourth-order valence-electron chi connectivity index (χ4n) is 2.97. The molecule has 2 heterocycles. The van der Waals surface area contributed by atoms with Crippen LogP contribution in [0.3, 0.4) is 0 Å². The third-order valence-corrected chi connectivity index (χ3v) is 5.03. The first kappa shape index (κ1) is 22.7. The first-order valence-electron chi connectivity index (χ1n) is 9.87. The van der Waals surface area contributed by atoms with Gasteiger partial charge in [0.05, 0.1) is 25.3 Å². The number of benzene rings is 1. The molecule has 0 aliphatic carbocycles. The smallest absolute Gasteiger partial charge is 0.272 e. The van der Waals surface area contributed by atoms with Crippen LogP contribution < -0.4 is 10.6 Å². The van der Waals surface area contributed by atoms with Gasteiger partial charge >= 0.3 is 0 Å². The van der Waals surface area contributed by atoms with Crippen LogP contribution in [0.5, 0.6) is 0 Å². The molecule has 9 nitrogen and oxygen atoms in total. The molecule has 3 aromatic rings. The van der Waals surface area contributed by atoms with Crippen LogP contribution in [0.1, 0.15) is 41.0 Å². The molecule has 0 bridgehead atoms. The lowest BCUT2D eigenvalue weighted by Crippen LogP contribution is -2.31. The van der Waals surface area contributed by atoms with Gasteiger partial charge in [-0.05, 0) is 31.0 Å². The number of imidazole rings is 1. The van der Waals surface area contributed by atoms with Crippen molar-refractivity contribution in [3.8, 4) is 5.82 Å². The van der Waals surface area contributed by atoms with E-state index in [9.17, 15) is 15.0 Å². The monoisotopic (exact) mass is 444 g/mol. The van der Waals surface area contributed by atoms with E-state index < -0.39 is 11.9 Å². The number of aliphatic hydroxyl groups is 2. The van der Waals surface area contributed by atoms with Crippen LogP contribution in [-0.2, 0) is 0 Å². The van der Waals surface area contributed by atoms with Crippen molar-refractivity contribution >= 4 is 23.5 Å². The van der Waals surface area contributed by atoms with Crippen LogP contribution in [0.15, 0.2) is 43.0 Å². The molecule has 3 rings (SSSR count). The lowest BCUT2D eigenvalue weighted by molar-refractivity contribution is 0.0911. The Morgan fingerprint density at radius 2 is 2.06 bits per heavy atom. The number of carbonyl (C=O) groups is 1. The molecule has 1 aromatic carbocycles. The summed E-state index contributed by atoms with van der Waals surface area (Å²) in [4.78, 5) is 25.6. The molecule has 0 spiro atoms. The molecular formula is C21H25ClN6O3. The number of nitrogens with one attached hydrogen (secondary N) is 2. The Balaban J connectivity index is 1.78. The minimum absolute atomic E-state index is 0.0306. The highest BCUT2D eigenvalue weighted by Crippen LogP contribution is 2.19.